The molecule has 1 aromatic carbocycles. The number of allylic oxidation sites excluding steroid dienone is 2. The molecule has 1 aliphatic rings. The normalized spacial score (nSPS) is 15.0. The van der Waals surface area contributed by atoms with Crippen molar-refractivity contribution in [3.8, 4) is 17.2 Å². The van der Waals surface area contributed by atoms with Gasteiger partial charge in [0.15, 0.2) is 5.76 Å². The van der Waals surface area contributed by atoms with Crippen molar-refractivity contribution < 1.29 is 27.4 Å². The first-order chi connectivity index (χ1) is 12.8. The molecule has 0 atom stereocenters. The Morgan fingerprint density at radius 2 is 1.63 bits per heavy atom. The minimum absolute atomic E-state index is 0.0403. The van der Waals surface area contributed by atoms with E-state index in [1.807, 2.05) is 0 Å². The van der Waals surface area contributed by atoms with E-state index >= 15 is 0 Å². The molecule has 7 nitrogen and oxygen atoms in total. The van der Waals surface area contributed by atoms with Crippen LogP contribution in [-0.2, 0) is 14.6 Å². The Labute approximate surface area is 159 Å². The van der Waals surface area contributed by atoms with Gasteiger partial charge in [-0.25, -0.2) is 8.42 Å². The van der Waals surface area contributed by atoms with Gasteiger partial charge in [0.05, 0.1) is 39.7 Å². The smallest absolute Gasteiger partial charge is 0.203 e. The summed E-state index contributed by atoms with van der Waals surface area (Å²) in [4.78, 5) is -0.0403. The molecular weight excluding hydrogens is 370 g/mol. The van der Waals surface area contributed by atoms with E-state index in [1.165, 1.54) is 40.6 Å². The minimum atomic E-state index is -3.86. The summed E-state index contributed by atoms with van der Waals surface area (Å²) in [5.74, 6) is 1.46. The molecule has 2 N–H and O–H groups in total. The molecule has 0 radical (unpaired) electrons. The third-order valence-electron chi connectivity index (χ3n) is 3.95. The van der Waals surface area contributed by atoms with Gasteiger partial charge in [0.2, 0.25) is 9.84 Å². The lowest BCUT2D eigenvalue weighted by Gasteiger charge is -2.18. The maximum Gasteiger partial charge on any atom is 0.203 e. The Morgan fingerprint density at radius 1 is 1.04 bits per heavy atom. The maximum absolute atomic E-state index is 12.9. The number of nitrogens with two attached hydrogens (primary N) is 1. The van der Waals surface area contributed by atoms with E-state index in [2.05, 4.69) is 6.58 Å². The fourth-order valence-corrected chi connectivity index (χ4v) is 3.92. The van der Waals surface area contributed by atoms with E-state index in [9.17, 15) is 8.42 Å². The molecule has 0 saturated carbocycles. The van der Waals surface area contributed by atoms with E-state index in [0.29, 0.717) is 40.5 Å². The summed E-state index contributed by atoms with van der Waals surface area (Å²) in [6.07, 6.45) is 3.21. The van der Waals surface area contributed by atoms with E-state index in [-0.39, 0.29) is 10.7 Å². The molecule has 27 heavy (non-hydrogen) atoms. The van der Waals surface area contributed by atoms with Crippen LogP contribution in [0.3, 0.4) is 0 Å². The van der Waals surface area contributed by atoms with Gasteiger partial charge in [0.1, 0.15) is 22.2 Å². The summed E-state index contributed by atoms with van der Waals surface area (Å²) >= 11 is 0. The summed E-state index contributed by atoms with van der Waals surface area (Å²) in [5.41, 5.74) is 7.26. The third kappa shape index (κ3) is 4.28. The van der Waals surface area contributed by atoms with Crippen molar-refractivity contribution >= 4 is 15.9 Å². The predicted octanol–water partition coefficient (Wildman–Crippen LogP) is 2.76. The van der Waals surface area contributed by atoms with Gasteiger partial charge >= 0.3 is 0 Å². The highest BCUT2D eigenvalue weighted by Crippen LogP contribution is 2.36. The Bertz CT molecular complexity index is 916. The Hall–Kier alpha value is -2.87. The maximum atomic E-state index is 12.9. The Morgan fingerprint density at radius 3 is 2.11 bits per heavy atom. The van der Waals surface area contributed by atoms with E-state index < -0.39 is 9.84 Å². The number of hydrogen-bond acceptors (Lipinski definition) is 7. The largest absolute Gasteiger partial charge is 0.496 e. The number of methoxy groups -OCH3 is 4. The van der Waals surface area contributed by atoms with E-state index in [1.54, 1.807) is 12.1 Å². The van der Waals surface area contributed by atoms with Crippen molar-refractivity contribution in [3.63, 3.8) is 0 Å². The zero-order valence-corrected chi connectivity index (χ0v) is 16.6. The molecule has 0 fully saturated rings. The first-order valence-electron chi connectivity index (χ1n) is 7.93. The van der Waals surface area contributed by atoms with E-state index in [0.717, 1.165) is 5.41 Å². The standard InChI is InChI=1S/C19H23NO6S/c1-12-8-15(20)19(26-5)18(9-12)27(21,22)7-6-14-16(24-3)10-13(23-2)11-17(14)25-4/h6-7,9-11H,1,8,20H2,2-5H3. The fraction of sp³-hybridized carbons (Fsp3) is 0.263. The molecule has 0 saturated heterocycles. The number of benzene rings is 1. The zero-order chi connectivity index (χ0) is 20.2. The van der Waals surface area contributed by atoms with Crippen molar-refractivity contribution in [3.05, 3.63) is 57.7 Å². The van der Waals surface area contributed by atoms with Gasteiger partial charge in [-0.05, 0) is 17.7 Å². The summed E-state index contributed by atoms with van der Waals surface area (Å²) in [7, 11) is 1.97. The Balaban J connectivity index is 2.53. The average Bonchev–Trinajstić information content (AvgIpc) is 2.65. The van der Waals surface area contributed by atoms with Crippen LogP contribution < -0.4 is 19.9 Å². The van der Waals surface area contributed by atoms with Crippen LogP contribution in [0.1, 0.15) is 12.0 Å². The Kier molecular flexibility index (Phi) is 6.22. The number of ether oxygens (including phenoxy) is 4. The predicted molar refractivity (Wildman–Crippen MR) is 104 cm³/mol. The van der Waals surface area contributed by atoms with Crippen molar-refractivity contribution in [2.24, 2.45) is 5.73 Å². The van der Waals surface area contributed by atoms with Crippen molar-refractivity contribution in [2.75, 3.05) is 28.4 Å². The molecule has 0 amide bonds. The summed E-state index contributed by atoms with van der Waals surface area (Å²) in [6, 6.07) is 3.27. The molecule has 0 spiro atoms. The number of sulfone groups is 1. The van der Waals surface area contributed by atoms with Crippen LogP contribution >= 0.6 is 0 Å². The third-order valence-corrected chi connectivity index (χ3v) is 5.36. The zero-order valence-electron chi connectivity index (χ0n) is 15.7. The van der Waals surface area contributed by atoms with Crippen LogP contribution in [0.5, 0.6) is 17.2 Å². The van der Waals surface area contributed by atoms with E-state index in [4.69, 9.17) is 24.7 Å². The minimum Gasteiger partial charge on any atom is -0.496 e. The van der Waals surface area contributed by atoms with Gasteiger partial charge in [0, 0.05) is 24.0 Å². The topological polar surface area (TPSA) is 97.1 Å². The van der Waals surface area contributed by atoms with Crippen molar-refractivity contribution in [1.29, 1.82) is 0 Å². The second kappa shape index (κ2) is 8.22. The number of hydrogen-bond donors (Lipinski definition) is 1. The van der Waals surface area contributed by atoms with Crippen LogP contribution in [-0.4, -0.2) is 36.9 Å². The monoisotopic (exact) mass is 393 g/mol. The molecule has 1 aliphatic carbocycles. The highest BCUT2D eigenvalue weighted by Gasteiger charge is 2.26. The first-order valence-corrected chi connectivity index (χ1v) is 9.47. The molecule has 1 aromatic rings. The van der Waals surface area contributed by atoms with Gasteiger partial charge in [0.25, 0.3) is 0 Å². The van der Waals surface area contributed by atoms with Gasteiger partial charge in [-0.1, -0.05) is 6.58 Å². The van der Waals surface area contributed by atoms with Gasteiger partial charge in [-0.3, -0.25) is 0 Å². The van der Waals surface area contributed by atoms with Crippen LogP contribution in [0, 0.1) is 0 Å². The van der Waals surface area contributed by atoms with Gasteiger partial charge in [-0.15, -0.1) is 0 Å². The van der Waals surface area contributed by atoms with Crippen LogP contribution in [0.25, 0.3) is 6.08 Å². The number of rotatable bonds is 7. The molecule has 146 valence electrons. The fourth-order valence-electron chi connectivity index (χ4n) is 2.66. The highest BCUT2D eigenvalue weighted by atomic mass is 32.2. The summed E-state index contributed by atoms with van der Waals surface area (Å²) in [5, 5.41) is 1.05. The molecule has 0 bridgehead atoms. The lowest BCUT2D eigenvalue weighted by Crippen LogP contribution is -2.15. The molecule has 0 unspecified atom stereocenters. The van der Waals surface area contributed by atoms with Gasteiger partial charge < -0.3 is 24.7 Å². The molecule has 0 aliphatic heterocycles. The second-order valence-electron chi connectivity index (χ2n) is 5.70. The molecule has 0 heterocycles. The molecule has 2 rings (SSSR count). The van der Waals surface area contributed by atoms with Crippen LogP contribution in [0.15, 0.2) is 52.1 Å². The van der Waals surface area contributed by atoms with Crippen LogP contribution in [0.2, 0.25) is 0 Å². The highest BCUT2D eigenvalue weighted by molar-refractivity contribution is 7.98. The van der Waals surface area contributed by atoms with Crippen LogP contribution in [0.4, 0.5) is 0 Å². The second-order valence-corrected chi connectivity index (χ2v) is 7.50. The molecule has 0 aromatic heterocycles. The first kappa shape index (κ1) is 20.4. The summed E-state index contributed by atoms with van der Waals surface area (Å²) in [6.45, 7) is 3.80. The average molecular weight is 393 g/mol. The van der Waals surface area contributed by atoms with Crippen molar-refractivity contribution in [1.82, 2.24) is 0 Å². The van der Waals surface area contributed by atoms with Crippen molar-refractivity contribution in [2.45, 2.75) is 6.42 Å². The lowest BCUT2D eigenvalue weighted by molar-refractivity contribution is 0.297. The lowest BCUT2D eigenvalue weighted by atomic mass is 10.1. The summed E-state index contributed by atoms with van der Waals surface area (Å²) < 4.78 is 46.8. The van der Waals surface area contributed by atoms with Gasteiger partial charge in [-0.2, -0.15) is 0 Å². The SMILES string of the molecule is C=C1C=C(S(=O)(=O)C=Cc2c(OC)cc(OC)cc2OC)C(OC)=C(N)C1. The molecule has 8 heteroatoms. The quantitative estimate of drug-likeness (QED) is 0.761. The molecular formula is C19H23NO6S.